The predicted molar refractivity (Wildman–Crippen MR) is 60.5 cm³/mol. The first kappa shape index (κ1) is 11.2. The molecule has 2 aromatic rings. The smallest absolute Gasteiger partial charge is 0.222 e. The lowest BCUT2D eigenvalue weighted by atomic mass is 10.4. The van der Waals surface area contributed by atoms with Crippen molar-refractivity contribution in [3.63, 3.8) is 0 Å². The van der Waals surface area contributed by atoms with E-state index in [0.29, 0.717) is 12.2 Å². The highest BCUT2D eigenvalue weighted by molar-refractivity contribution is 5.39. The third-order valence-electron chi connectivity index (χ3n) is 2.03. The van der Waals surface area contributed by atoms with Crippen molar-refractivity contribution in [3.8, 4) is 0 Å². The number of nitrogens with zero attached hydrogens (tertiary/aromatic N) is 4. The fourth-order valence-corrected chi connectivity index (χ4v) is 1.19. The highest BCUT2D eigenvalue weighted by Crippen LogP contribution is 2.10. The normalized spacial score (nSPS) is 10.2. The number of nitrogens with one attached hydrogen (secondary N) is 1. The number of aryl methyl sites for hydroxylation is 1. The third kappa shape index (κ3) is 2.83. The lowest BCUT2D eigenvalue weighted by Crippen LogP contribution is -2.08. The minimum absolute atomic E-state index is 0.0175. The van der Waals surface area contributed by atoms with Gasteiger partial charge in [-0.25, -0.2) is 9.37 Å². The van der Waals surface area contributed by atoms with Crippen LogP contribution < -0.4 is 11.1 Å². The molecule has 0 saturated heterocycles. The number of hydrogen-bond donors (Lipinski definition) is 2. The minimum atomic E-state index is -0.556. The van der Waals surface area contributed by atoms with Crippen LogP contribution in [0, 0.1) is 12.7 Å². The topological polar surface area (TPSA) is 89.6 Å². The number of rotatable bonds is 3. The SMILES string of the molecule is Cc1cnc(CNc2nc(N)ncc2F)cn1. The first-order valence-corrected chi connectivity index (χ1v) is 4.94. The summed E-state index contributed by atoms with van der Waals surface area (Å²) in [5.41, 5.74) is 6.87. The van der Waals surface area contributed by atoms with Gasteiger partial charge in [-0.2, -0.15) is 4.98 Å². The van der Waals surface area contributed by atoms with Crippen molar-refractivity contribution >= 4 is 11.8 Å². The first-order valence-electron chi connectivity index (χ1n) is 4.94. The Kier molecular flexibility index (Phi) is 3.08. The molecular formula is C10H11FN6. The van der Waals surface area contributed by atoms with Crippen LogP contribution in [0.4, 0.5) is 16.2 Å². The van der Waals surface area contributed by atoms with E-state index in [0.717, 1.165) is 11.9 Å². The van der Waals surface area contributed by atoms with E-state index < -0.39 is 5.82 Å². The Hall–Kier alpha value is -2.31. The van der Waals surface area contributed by atoms with E-state index in [1.165, 1.54) is 0 Å². The van der Waals surface area contributed by atoms with Crippen LogP contribution in [0.5, 0.6) is 0 Å². The van der Waals surface area contributed by atoms with Gasteiger partial charge in [-0.05, 0) is 6.92 Å². The second-order valence-corrected chi connectivity index (χ2v) is 3.43. The molecule has 0 unspecified atom stereocenters. The monoisotopic (exact) mass is 234 g/mol. The van der Waals surface area contributed by atoms with E-state index in [4.69, 9.17) is 5.73 Å². The summed E-state index contributed by atoms with van der Waals surface area (Å²) in [4.78, 5) is 15.5. The molecule has 2 rings (SSSR count). The summed E-state index contributed by atoms with van der Waals surface area (Å²) < 4.78 is 13.3. The Bertz CT molecular complexity index is 513. The van der Waals surface area contributed by atoms with Crippen LogP contribution in [0.25, 0.3) is 0 Å². The Morgan fingerprint density at radius 1 is 1.24 bits per heavy atom. The van der Waals surface area contributed by atoms with Crippen LogP contribution in [0.2, 0.25) is 0 Å². The van der Waals surface area contributed by atoms with Crippen LogP contribution in [0.15, 0.2) is 18.6 Å². The fourth-order valence-electron chi connectivity index (χ4n) is 1.19. The van der Waals surface area contributed by atoms with Crippen molar-refractivity contribution in [2.75, 3.05) is 11.1 Å². The van der Waals surface area contributed by atoms with Crippen LogP contribution >= 0.6 is 0 Å². The Labute approximate surface area is 97.2 Å². The average molecular weight is 234 g/mol. The van der Waals surface area contributed by atoms with Crippen LogP contribution in [0.3, 0.4) is 0 Å². The summed E-state index contributed by atoms with van der Waals surface area (Å²) in [5, 5.41) is 2.78. The van der Waals surface area contributed by atoms with Crippen molar-refractivity contribution in [1.29, 1.82) is 0 Å². The van der Waals surface area contributed by atoms with Gasteiger partial charge in [0.05, 0.1) is 30.3 Å². The molecule has 0 fully saturated rings. The van der Waals surface area contributed by atoms with Gasteiger partial charge in [0.25, 0.3) is 0 Å². The van der Waals surface area contributed by atoms with Gasteiger partial charge in [-0.15, -0.1) is 0 Å². The molecule has 0 aliphatic heterocycles. The second kappa shape index (κ2) is 4.69. The summed E-state index contributed by atoms with van der Waals surface area (Å²) in [7, 11) is 0. The zero-order chi connectivity index (χ0) is 12.3. The molecule has 3 N–H and O–H groups in total. The summed E-state index contributed by atoms with van der Waals surface area (Å²) in [6, 6.07) is 0. The minimum Gasteiger partial charge on any atom is -0.368 e. The van der Waals surface area contributed by atoms with Gasteiger partial charge in [0.1, 0.15) is 0 Å². The van der Waals surface area contributed by atoms with E-state index >= 15 is 0 Å². The summed E-state index contributed by atoms with van der Waals surface area (Å²) in [6.07, 6.45) is 4.28. The Morgan fingerprint density at radius 3 is 2.76 bits per heavy atom. The van der Waals surface area contributed by atoms with Gasteiger partial charge >= 0.3 is 0 Å². The molecule has 0 bridgehead atoms. The van der Waals surface area contributed by atoms with E-state index in [-0.39, 0.29) is 11.8 Å². The predicted octanol–water partition coefficient (Wildman–Crippen LogP) is 0.908. The molecule has 0 atom stereocenters. The molecule has 2 heterocycles. The van der Waals surface area contributed by atoms with Crippen molar-refractivity contribution < 1.29 is 4.39 Å². The zero-order valence-electron chi connectivity index (χ0n) is 9.18. The number of aromatic nitrogens is 4. The van der Waals surface area contributed by atoms with E-state index in [9.17, 15) is 4.39 Å². The molecule has 7 heteroatoms. The quantitative estimate of drug-likeness (QED) is 0.820. The molecule has 0 aromatic carbocycles. The van der Waals surface area contributed by atoms with Crippen LogP contribution in [-0.4, -0.2) is 19.9 Å². The van der Waals surface area contributed by atoms with Crippen molar-refractivity contribution in [1.82, 2.24) is 19.9 Å². The van der Waals surface area contributed by atoms with E-state index in [2.05, 4.69) is 25.3 Å². The number of hydrogen-bond acceptors (Lipinski definition) is 6. The maximum Gasteiger partial charge on any atom is 0.222 e. The molecule has 88 valence electrons. The molecule has 2 aromatic heterocycles. The van der Waals surface area contributed by atoms with Gasteiger partial charge in [0, 0.05) is 6.20 Å². The van der Waals surface area contributed by atoms with Gasteiger partial charge in [-0.3, -0.25) is 9.97 Å². The van der Waals surface area contributed by atoms with Gasteiger partial charge in [-0.1, -0.05) is 0 Å². The molecule has 0 spiro atoms. The molecule has 0 aliphatic rings. The Balaban J connectivity index is 2.07. The number of halogens is 1. The molecule has 0 radical (unpaired) electrons. The maximum atomic E-state index is 13.3. The average Bonchev–Trinajstić information content (AvgIpc) is 2.32. The number of nitrogens with two attached hydrogens (primary N) is 1. The molecule has 0 aliphatic carbocycles. The third-order valence-corrected chi connectivity index (χ3v) is 2.03. The van der Waals surface area contributed by atoms with Gasteiger partial charge in [0.2, 0.25) is 5.95 Å². The zero-order valence-corrected chi connectivity index (χ0v) is 9.18. The van der Waals surface area contributed by atoms with Crippen LogP contribution in [0.1, 0.15) is 11.4 Å². The first-order chi connectivity index (χ1) is 8.15. The summed E-state index contributed by atoms with van der Waals surface area (Å²) in [6.45, 7) is 2.16. The van der Waals surface area contributed by atoms with Crippen molar-refractivity contribution in [3.05, 3.63) is 35.8 Å². The standard InChI is InChI=1S/C10H11FN6/c1-6-2-14-7(3-13-6)4-15-9-8(11)5-16-10(12)17-9/h2-3,5H,4H2,1H3,(H3,12,15,16,17). The number of nitrogen functional groups attached to an aromatic ring is 1. The van der Waals surface area contributed by atoms with E-state index in [1.54, 1.807) is 12.4 Å². The highest BCUT2D eigenvalue weighted by Gasteiger charge is 2.05. The maximum absolute atomic E-state index is 13.3. The van der Waals surface area contributed by atoms with E-state index in [1.807, 2.05) is 6.92 Å². The summed E-state index contributed by atoms with van der Waals surface area (Å²) in [5.74, 6) is -0.483. The molecule has 6 nitrogen and oxygen atoms in total. The largest absolute Gasteiger partial charge is 0.368 e. The van der Waals surface area contributed by atoms with Gasteiger partial charge in [0.15, 0.2) is 11.6 Å². The molecule has 0 saturated carbocycles. The lowest BCUT2D eigenvalue weighted by molar-refractivity contribution is 0.617. The number of anilines is 2. The second-order valence-electron chi connectivity index (χ2n) is 3.43. The highest BCUT2D eigenvalue weighted by atomic mass is 19.1. The van der Waals surface area contributed by atoms with Crippen molar-refractivity contribution in [2.45, 2.75) is 13.5 Å². The Morgan fingerprint density at radius 2 is 2.06 bits per heavy atom. The molecule has 0 amide bonds. The van der Waals surface area contributed by atoms with Crippen LogP contribution in [-0.2, 0) is 6.54 Å². The summed E-state index contributed by atoms with van der Waals surface area (Å²) >= 11 is 0. The molecular weight excluding hydrogens is 223 g/mol. The van der Waals surface area contributed by atoms with Crippen molar-refractivity contribution in [2.24, 2.45) is 0 Å². The lowest BCUT2D eigenvalue weighted by Gasteiger charge is -2.06. The molecule has 17 heavy (non-hydrogen) atoms. The fraction of sp³-hybridized carbons (Fsp3) is 0.200. The van der Waals surface area contributed by atoms with Gasteiger partial charge < -0.3 is 11.1 Å².